The molecule has 0 saturated carbocycles. The third kappa shape index (κ3) is 5.43. The number of nitrogens with zero attached hydrogens (tertiary/aromatic N) is 1. The van der Waals surface area contributed by atoms with Gasteiger partial charge in [0.05, 0.1) is 0 Å². The Bertz CT molecular complexity index is 419. The Morgan fingerprint density at radius 1 is 1.26 bits per heavy atom. The van der Waals surface area contributed by atoms with Crippen molar-refractivity contribution >= 4 is 5.91 Å². The highest BCUT2D eigenvalue weighted by molar-refractivity contribution is 5.94. The monoisotopic (exact) mass is 262 g/mol. The van der Waals surface area contributed by atoms with E-state index in [1.807, 2.05) is 32.3 Å². The summed E-state index contributed by atoms with van der Waals surface area (Å²) in [5.41, 5.74) is 2.01. The summed E-state index contributed by atoms with van der Waals surface area (Å²) >= 11 is 0. The zero-order valence-corrected chi connectivity index (χ0v) is 12.8. The van der Waals surface area contributed by atoms with Crippen molar-refractivity contribution in [1.29, 1.82) is 0 Å². The summed E-state index contributed by atoms with van der Waals surface area (Å²) in [4.78, 5) is 14.2. The maximum absolute atomic E-state index is 12.0. The SMILES string of the molecule is CN(C)CCCNC(=O)c1cccc(C(C)(C)C)c1. The first-order valence-corrected chi connectivity index (χ1v) is 6.84. The van der Waals surface area contributed by atoms with E-state index < -0.39 is 0 Å². The van der Waals surface area contributed by atoms with Crippen LogP contribution in [-0.2, 0) is 5.41 Å². The van der Waals surface area contributed by atoms with Crippen molar-refractivity contribution in [3.63, 3.8) is 0 Å². The summed E-state index contributed by atoms with van der Waals surface area (Å²) in [6, 6.07) is 7.88. The molecular weight excluding hydrogens is 236 g/mol. The van der Waals surface area contributed by atoms with Crippen molar-refractivity contribution in [1.82, 2.24) is 10.2 Å². The number of hydrogen-bond acceptors (Lipinski definition) is 2. The first-order valence-electron chi connectivity index (χ1n) is 6.84. The third-order valence-electron chi connectivity index (χ3n) is 3.06. The minimum atomic E-state index is 0.0184. The standard InChI is InChI=1S/C16H26N2O/c1-16(2,3)14-9-6-8-13(12-14)15(19)17-10-7-11-18(4)5/h6,8-9,12H,7,10-11H2,1-5H3,(H,17,19). The number of carbonyl (C=O) groups is 1. The molecule has 0 saturated heterocycles. The molecule has 0 fully saturated rings. The van der Waals surface area contributed by atoms with E-state index in [1.54, 1.807) is 0 Å². The van der Waals surface area contributed by atoms with Crippen LogP contribution in [0.15, 0.2) is 24.3 Å². The van der Waals surface area contributed by atoms with E-state index in [0.29, 0.717) is 0 Å². The molecule has 19 heavy (non-hydrogen) atoms. The second-order valence-electron chi connectivity index (χ2n) is 6.24. The Kier molecular flexibility index (Phi) is 5.55. The summed E-state index contributed by atoms with van der Waals surface area (Å²) < 4.78 is 0. The Hall–Kier alpha value is -1.35. The molecule has 1 amide bonds. The highest BCUT2D eigenvalue weighted by Crippen LogP contribution is 2.22. The molecule has 1 N–H and O–H groups in total. The summed E-state index contributed by atoms with van der Waals surface area (Å²) in [5.74, 6) is 0.0184. The number of carbonyl (C=O) groups excluding carboxylic acids is 1. The molecule has 3 heteroatoms. The van der Waals surface area contributed by atoms with Gasteiger partial charge >= 0.3 is 0 Å². The van der Waals surface area contributed by atoms with E-state index >= 15 is 0 Å². The lowest BCUT2D eigenvalue weighted by atomic mass is 9.86. The van der Waals surface area contributed by atoms with Crippen molar-refractivity contribution < 1.29 is 4.79 Å². The van der Waals surface area contributed by atoms with E-state index in [2.05, 4.69) is 37.1 Å². The maximum Gasteiger partial charge on any atom is 0.251 e. The number of hydrogen-bond donors (Lipinski definition) is 1. The number of rotatable bonds is 5. The van der Waals surface area contributed by atoms with E-state index in [4.69, 9.17) is 0 Å². The van der Waals surface area contributed by atoms with E-state index in [0.717, 1.165) is 25.1 Å². The van der Waals surface area contributed by atoms with Gasteiger partial charge in [-0.3, -0.25) is 4.79 Å². The zero-order chi connectivity index (χ0) is 14.5. The molecule has 0 bridgehead atoms. The predicted octanol–water partition coefficient (Wildman–Crippen LogP) is 2.67. The minimum absolute atomic E-state index is 0.0184. The van der Waals surface area contributed by atoms with Crippen LogP contribution in [0, 0.1) is 0 Å². The first kappa shape index (κ1) is 15.7. The van der Waals surface area contributed by atoms with Gasteiger partial charge in [0.1, 0.15) is 0 Å². The minimum Gasteiger partial charge on any atom is -0.352 e. The molecule has 1 aromatic carbocycles. The normalized spacial score (nSPS) is 11.7. The molecule has 106 valence electrons. The van der Waals surface area contributed by atoms with Crippen LogP contribution in [0.4, 0.5) is 0 Å². The van der Waals surface area contributed by atoms with Gasteiger partial charge in [0.2, 0.25) is 0 Å². The molecule has 0 aliphatic heterocycles. The predicted molar refractivity (Wildman–Crippen MR) is 80.6 cm³/mol. The van der Waals surface area contributed by atoms with Gasteiger partial charge < -0.3 is 10.2 Å². The Balaban J connectivity index is 2.58. The van der Waals surface area contributed by atoms with Crippen molar-refractivity contribution in [2.24, 2.45) is 0 Å². The fourth-order valence-electron chi connectivity index (χ4n) is 1.83. The Morgan fingerprint density at radius 2 is 1.95 bits per heavy atom. The van der Waals surface area contributed by atoms with E-state index in [9.17, 15) is 4.79 Å². The Labute approximate surface area is 117 Å². The largest absolute Gasteiger partial charge is 0.352 e. The number of amides is 1. The van der Waals surface area contributed by atoms with Gasteiger partial charge in [-0.05, 0) is 50.2 Å². The summed E-state index contributed by atoms with van der Waals surface area (Å²) in [7, 11) is 4.07. The molecular formula is C16H26N2O. The molecule has 3 nitrogen and oxygen atoms in total. The molecule has 1 aromatic rings. The lowest BCUT2D eigenvalue weighted by Crippen LogP contribution is -2.27. The van der Waals surface area contributed by atoms with Gasteiger partial charge in [0, 0.05) is 12.1 Å². The topological polar surface area (TPSA) is 32.3 Å². The fraction of sp³-hybridized carbons (Fsp3) is 0.562. The summed E-state index contributed by atoms with van der Waals surface area (Å²) in [6.45, 7) is 8.17. The average Bonchev–Trinajstić information content (AvgIpc) is 2.33. The zero-order valence-electron chi connectivity index (χ0n) is 12.8. The van der Waals surface area contributed by atoms with Gasteiger partial charge in [-0.2, -0.15) is 0 Å². The van der Waals surface area contributed by atoms with Crippen molar-refractivity contribution in [2.75, 3.05) is 27.2 Å². The summed E-state index contributed by atoms with van der Waals surface area (Å²) in [6.07, 6.45) is 0.970. The Morgan fingerprint density at radius 3 is 2.53 bits per heavy atom. The van der Waals surface area contributed by atoms with Crippen LogP contribution in [-0.4, -0.2) is 38.0 Å². The highest BCUT2D eigenvalue weighted by atomic mass is 16.1. The molecule has 0 heterocycles. The van der Waals surface area contributed by atoms with Crippen molar-refractivity contribution in [3.05, 3.63) is 35.4 Å². The molecule has 0 unspecified atom stereocenters. The van der Waals surface area contributed by atoms with Gasteiger partial charge in [0.15, 0.2) is 0 Å². The van der Waals surface area contributed by atoms with Crippen LogP contribution in [0.25, 0.3) is 0 Å². The van der Waals surface area contributed by atoms with Gasteiger partial charge in [-0.15, -0.1) is 0 Å². The average molecular weight is 262 g/mol. The van der Waals surface area contributed by atoms with Gasteiger partial charge in [-0.1, -0.05) is 32.9 Å². The van der Waals surface area contributed by atoms with Crippen LogP contribution >= 0.6 is 0 Å². The quantitative estimate of drug-likeness (QED) is 0.827. The molecule has 0 spiro atoms. The van der Waals surface area contributed by atoms with Crippen molar-refractivity contribution in [2.45, 2.75) is 32.6 Å². The second kappa shape index (κ2) is 6.71. The molecule has 1 rings (SSSR count). The van der Waals surface area contributed by atoms with E-state index in [1.165, 1.54) is 5.56 Å². The number of benzene rings is 1. The first-order chi connectivity index (χ1) is 8.80. The lowest BCUT2D eigenvalue weighted by Gasteiger charge is -2.19. The second-order valence-corrected chi connectivity index (χ2v) is 6.24. The lowest BCUT2D eigenvalue weighted by molar-refractivity contribution is 0.0952. The summed E-state index contributed by atoms with van der Waals surface area (Å²) in [5, 5.41) is 2.97. The van der Waals surface area contributed by atoms with Crippen LogP contribution in [0.2, 0.25) is 0 Å². The highest BCUT2D eigenvalue weighted by Gasteiger charge is 2.15. The molecule has 0 aliphatic carbocycles. The van der Waals surface area contributed by atoms with Crippen LogP contribution < -0.4 is 5.32 Å². The third-order valence-corrected chi connectivity index (χ3v) is 3.06. The van der Waals surface area contributed by atoms with Crippen LogP contribution in [0.3, 0.4) is 0 Å². The van der Waals surface area contributed by atoms with Crippen LogP contribution in [0.1, 0.15) is 43.1 Å². The van der Waals surface area contributed by atoms with Gasteiger partial charge in [-0.25, -0.2) is 0 Å². The van der Waals surface area contributed by atoms with Gasteiger partial charge in [0.25, 0.3) is 5.91 Å². The van der Waals surface area contributed by atoms with Crippen molar-refractivity contribution in [3.8, 4) is 0 Å². The maximum atomic E-state index is 12.0. The molecule has 0 aromatic heterocycles. The number of nitrogens with one attached hydrogen (secondary N) is 1. The molecule has 0 radical (unpaired) electrons. The molecule has 0 atom stereocenters. The fourth-order valence-corrected chi connectivity index (χ4v) is 1.83. The smallest absolute Gasteiger partial charge is 0.251 e. The molecule has 0 aliphatic rings. The van der Waals surface area contributed by atoms with E-state index in [-0.39, 0.29) is 11.3 Å². The van der Waals surface area contributed by atoms with Crippen LogP contribution in [0.5, 0.6) is 0 Å².